The number of nitrogens with zero attached hydrogens (tertiary/aromatic N) is 3. The van der Waals surface area contributed by atoms with Gasteiger partial charge in [0.25, 0.3) is 5.91 Å². The minimum atomic E-state index is -5.08. The van der Waals surface area contributed by atoms with Gasteiger partial charge in [0.15, 0.2) is 0 Å². The third-order valence-corrected chi connectivity index (χ3v) is 6.28. The average Bonchev–Trinajstić information content (AvgIpc) is 3.50. The molecule has 4 heterocycles. The van der Waals surface area contributed by atoms with Crippen LogP contribution in [0.5, 0.6) is 0 Å². The molecule has 0 saturated carbocycles. The molecule has 0 bridgehead atoms. The van der Waals surface area contributed by atoms with Crippen LogP contribution >= 0.6 is 11.3 Å². The van der Waals surface area contributed by atoms with E-state index in [1.54, 1.807) is 17.5 Å². The number of hydrogen-bond acceptors (Lipinski definition) is 8. The topological polar surface area (TPSA) is 142 Å². The second-order valence-corrected chi connectivity index (χ2v) is 9.32. The molecule has 216 valence electrons. The van der Waals surface area contributed by atoms with E-state index in [-0.39, 0.29) is 18.1 Å². The summed E-state index contributed by atoms with van der Waals surface area (Å²) in [6, 6.07) is 3.70. The van der Waals surface area contributed by atoms with E-state index in [1.807, 2.05) is 30.6 Å². The monoisotopic (exact) mass is 586 g/mol. The van der Waals surface area contributed by atoms with Gasteiger partial charge in [0.2, 0.25) is 0 Å². The summed E-state index contributed by atoms with van der Waals surface area (Å²) in [5.74, 6) is -5.10. The van der Waals surface area contributed by atoms with Gasteiger partial charge in [-0.2, -0.15) is 26.3 Å². The number of nitrogens with one attached hydrogen (secondary N) is 1. The number of piperidine rings is 1. The Kier molecular flexibility index (Phi) is 11.2. The summed E-state index contributed by atoms with van der Waals surface area (Å²) in [6.07, 6.45) is -4.94. The van der Waals surface area contributed by atoms with E-state index in [2.05, 4.69) is 20.2 Å². The molecule has 2 aliphatic heterocycles. The highest BCUT2D eigenvalue weighted by Crippen LogP contribution is 2.34. The van der Waals surface area contributed by atoms with Crippen LogP contribution in [0.4, 0.5) is 32.0 Å². The van der Waals surface area contributed by atoms with Crippen LogP contribution in [0.2, 0.25) is 0 Å². The number of rotatable bonds is 4. The molecule has 2 aromatic heterocycles. The van der Waals surface area contributed by atoms with Gasteiger partial charge >= 0.3 is 24.3 Å². The van der Waals surface area contributed by atoms with Crippen LogP contribution in [0.25, 0.3) is 0 Å². The standard InChI is InChI=1S/C18H22N4O2S.2C2HF3O2/c1-12-14(3-2-5-19-12)21-18(23)15-9-13-4-7-22(10-16(13)24-15)11-17-20-6-8-25-17;2*3-2(4,5)1(6)7/h2-3,5-6,8,13,15-16H,4,7,9-11H2,1H3,(H,21,23);2*(H,6,7)/t13-,15+,16+;;/m0../s1. The zero-order valence-corrected chi connectivity index (χ0v) is 21.0. The maximum absolute atomic E-state index is 12.6. The van der Waals surface area contributed by atoms with Crippen molar-refractivity contribution in [3.63, 3.8) is 0 Å². The summed E-state index contributed by atoms with van der Waals surface area (Å²) in [4.78, 5) is 41.3. The van der Waals surface area contributed by atoms with Gasteiger partial charge in [-0.25, -0.2) is 14.6 Å². The number of likely N-dealkylation sites (tertiary alicyclic amines) is 1. The van der Waals surface area contributed by atoms with E-state index in [1.165, 1.54) is 0 Å². The fourth-order valence-corrected chi connectivity index (χ4v) is 4.32. The van der Waals surface area contributed by atoms with Crippen LogP contribution in [-0.2, 0) is 25.7 Å². The molecule has 1 amide bonds. The number of alkyl halides is 6. The summed E-state index contributed by atoms with van der Waals surface area (Å²) in [5.41, 5.74) is 1.58. The van der Waals surface area contributed by atoms with Crippen LogP contribution < -0.4 is 5.32 Å². The largest absolute Gasteiger partial charge is 0.490 e. The fourth-order valence-electron chi connectivity index (χ4n) is 3.66. The summed E-state index contributed by atoms with van der Waals surface area (Å²) >= 11 is 1.69. The fraction of sp³-hybridized carbons (Fsp3) is 0.500. The number of aliphatic carboxylic acids is 2. The van der Waals surface area contributed by atoms with Gasteiger partial charge in [0, 0.05) is 24.3 Å². The molecule has 0 aliphatic carbocycles. The number of carbonyl (C=O) groups is 3. The molecular formula is C22H24F6N4O6S. The highest BCUT2D eigenvalue weighted by Gasteiger charge is 2.42. The first-order valence-corrected chi connectivity index (χ1v) is 12.0. The predicted molar refractivity (Wildman–Crippen MR) is 124 cm³/mol. The lowest BCUT2D eigenvalue weighted by Crippen LogP contribution is -2.41. The van der Waals surface area contributed by atoms with Gasteiger partial charge in [-0.05, 0) is 44.4 Å². The molecule has 0 radical (unpaired) electrons. The molecule has 4 rings (SSSR count). The molecular weight excluding hydrogens is 562 g/mol. The number of carbonyl (C=O) groups excluding carboxylic acids is 1. The Labute approximate surface area is 221 Å². The summed E-state index contributed by atoms with van der Waals surface area (Å²) in [6.45, 7) is 4.68. The van der Waals surface area contributed by atoms with Gasteiger partial charge in [0.1, 0.15) is 11.1 Å². The van der Waals surface area contributed by atoms with E-state index in [9.17, 15) is 31.1 Å². The number of hydrogen-bond donors (Lipinski definition) is 3. The number of thiazole rings is 1. The molecule has 17 heteroatoms. The van der Waals surface area contributed by atoms with Crippen LogP contribution in [-0.4, -0.2) is 80.6 Å². The average molecular weight is 587 g/mol. The van der Waals surface area contributed by atoms with Crippen molar-refractivity contribution in [1.82, 2.24) is 14.9 Å². The number of aryl methyl sites for hydroxylation is 1. The lowest BCUT2D eigenvalue weighted by Gasteiger charge is -2.33. The minimum absolute atomic E-state index is 0.0584. The molecule has 0 aromatic carbocycles. The second-order valence-electron chi connectivity index (χ2n) is 8.34. The van der Waals surface area contributed by atoms with Crippen LogP contribution in [0.15, 0.2) is 29.9 Å². The third kappa shape index (κ3) is 10.4. The summed E-state index contributed by atoms with van der Waals surface area (Å²) in [7, 11) is 0. The number of carboxylic acid groups (broad SMARTS) is 2. The van der Waals surface area contributed by atoms with E-state index in [0.717, 1.165) is 48.9 Å². The zero-order valence-electron chi connectivity index (χ0n) is 20.2. The highest BCUT2D eigenvalue weighted by atomic mass is 32.1. The normalized spacial score (nSPS) is 20.9. The Morgan fingerprint density at radius 3 is 2.23 bits per heavy atom. The lowest BCUT2D eigenvalue weighted by atomic mass is 9.91. The summed E-state index contributed by atoms with van der Waals surface area (Å²) < 4.78 is 69.6. The molecule has 2 aliphatic rings. The SMILES string of the molecule is Cc1ncccc1NC(=O)[C@H]1C[C@@H]2CCN(Cc3nccs3)C[C@H]2O1.O=C(O)C(F)(F)F.O=C(O)C(F)(F)F. The van der Waals surface area contributed by atoms with E-state index in [0.29, 0.717) is 5.92 Å². The maximum atomic E-state index is 12.6. The molecule has 2 fully saturated rings. The first-order chi connectivity index (χ1) is 18.1. The number of ether oxygens (including phenoxy) is 1. The van der Waals surface area contributed by atoms with E-state index >= 15 is 0 Å². The molecule has 39 heavy (non-hydrogen) atoms. The van der Waals surface area contributed by atoms with Crippen LogP contribution in [0.1, 0.15) is 23.5 Å². The zero-order chi connectivity index (χ0) is 29.4. The Bertz CT molecular complexity index is 1090. The number of anilines is 1. The van der Waals surface area contributed by atoms with Gasteiger partial charge in [-0.15, -0.1) is 11.3 Å². The molecule has 2 saturated heterocycles. The van der Waals surface area contributed by atoms with Gasteiger partial charge < -0.3 is 20.3 Å². The van der Waals surface area contributed by atoms with Crippen molar-refractivity contribution < 1.29 is 55.7 Å². The first kappa shape index (κ1) is 31.9. The Morgan fingerprint density at radius 2 is 1.72 bits per heavy atom. The van der Waals surface area contributed by atoms with Gasteiger partial charge in [-0.3, -0.25) is 14.7 Å². The minimum Gasteiger partial charge on any atom is -0.475 e. The van der Waals surface area contributed by atoms with Crippen molar-refractivity contribution >= 4 is 34.9 Å². The van der Waals surface area contributed by atoms with Crippen molar-refractivity contribution in [3.8, 4) is 0 Å². The highest BCUT2D eigenvalue weighted by molar-refractivity contribution is 7.09. The summed E-state index contributed by atoms with van der Waals surface area (Å²) in [5, 5.41) is 20.4. The van der Waals surface area contributed by atoms with Gasteiger partial charge in [-0.1, -0.05) is 0 Å². The smallest absolute Gasteiger partial charge is 0.475 e. The van der Waals surface area contributed by atoms with Crippen molar-refractivity contribution in [2.75, 3.05) is 18.4 Å². The maximum Gasteiger partial charge on any atom is 0.490 e. The lowest BCUT2D eigenvalue weighted by molar-refractivity contribution is -0.193. The number of carboxylic acids is 2. The third-order valence-electron chi connectivity index (χ3n) is 5.52. The molecule has 2 aromatic rings. The number of fused-ring (bicyclic) bond motifs is 1. The Hall–Kier alpha value is -3.31. The quantitative estimate of drug-likeness (QED) is 0.457. The number of pyridine rings is 1. The van der Waals surface area contributed by atoms with Crippen molar-refractivity contribution in [3.05, 3.63) is 40.6 Å². The van der Waals surface area contributed by atoms with Crippen molar-refractivity contribution in [2.24, 2.45) is 5.92 Å². The number of halogens is 6. The van der Waals surface area contributed by atoms with Gasteiger partial charge in [0.05, 0.1) is 24.0 Å². The number of amides is 1. The van der Waals surface area contributed by atoms with Crippen LogP contribution in [0, 0.1) is 12.8 Å². The molecule has 10 nitrogen and oxygen atoms in total. The van der Waals surface area contributed by atoms with Crippen LogP contribution in [0.3, 0.4) is 0 Å². The second kappa shape index (κ2) is 13.7. The molecule has 3 atom stereocenters. The molecule has 0 unspecified atom stereocenters. The van der Waals surface area contributed by atoms with E-state index < -0.39 is 24.3 Å². The van der Waals surface area contributed by atoms with Crippen molar-refractivity contribution in [2.45, 2.75) is 50.9 Å². The Balaban J connectivity index is 0.000000317. The van der Waals surface area contributed by atoms with E-state index in [4.69, 9.17) is 24.5 Å². The van der Waals surface area contributed by atoms with Crippen molar-refractivity contribution in [1.29, 1.82) is 0 Å². The molecule has 0 spiro atoms. The predicted octanol–water partition coefficient (Wildman–Crippen LogP) is 3.73. The first-order valence-electron chi connectivity index (χ1n) is 11.2. The molecule has 3 N–H and O–H groups in total. The number of aromatic nitrogens is 2. The Morgan fingerprint density at radius 1 is 1.10 bits per heavy atom.